The predicted octanol–water partition coefficient (Wildman–Crippen LogP) is 2.53. The highest BCUT2D eigenvalue weighted by atomic mass is 16.5. The summed E-state index contributed by atoms with van der Waals surface area (Å²) >= 11 is 0. The Balaban J connectivity index is 2.08. The van der Waals surface area contributed by atoms with Crippen molar-refractivity contribution < 1.29 is 14.3 Å². The highest BCUT2D eigenvalue weighted by Gasteiger charge is 2.34. The first kappa shape index (κ1) is 16.0. The number of hydrogen-bond donors (Lipinski definition) is 1. The summed E-state index contributed by atoms with van der Waals surface area (Å²) in [5.74, 6) is 0.977. The normalized spacial score (nSPS) is 16.6. The van der Waals surface area contributed by atoms with Crippen LogP contribution in [0.2, 0.25) is 0 Å². The molecular weight excluding hydrogens is 308 g/mol. The summed E-state index contributed by atoms with van der Waals surface area (Å²) in [5.41, 5.74) is 2.13. The number of esters is 1. The maximum atomic E-state index is 12.7. The van der Waals surface area contributed by atoms with Crippen LogP contribution < -0.4 is 10.1 Å². The average Bonchev–Trinajstić information content (AvgIpc) is 3.00. The van der Waals surface area contributed by atoms with Gasteiger partial charge in [0.1, 0.15) is 18.1 Å². The average molecular weight is 328 g/mol. The van der Waals surface area contributed by atoms with Crippen LogP contribution in [0, 0.1) is 0 Å². The SMILES string of the molecule is COc1ccc([C@H]2C(C(=O)OC(C)C)=C(C)Nc3ncnn32)cc1. The Bertz CT molecular complexity index is 777. The van der Waals surface area contributed by atoms with Gasteiger partial charge in [0.05, 0.1) is 18.8 Å². The summed E-state index contributed by atoms with van der Waals surface area (Å²) in [7, 11) is 1.62. The van der Waals surface area contributed by atoms with E-state index in [1.165, 1.54) is 6.33 Å². The van der Waals surface area contributed by atoms with E-state index < -0.39 is 6.04 Å². The van der Waals surface area contributed by atoms with E-state index in [0.717, 1.165) is 11.3 Å². The van der Waals surface area contributed by atoms with Crippen LogP contribution in [0.1, 0.15) is 32.4 Å². The summed E-state index contributed by atoms with van der Waals surface area (Å²) in [5, 5.41) is 7.38. The Morgan fingerprint density at radius 2 is 2.00 bits per heavy atom. The van der Waals surface area contributed by atoms with Gasteiger partial charge in [-0.05, 0) is 38.5 Å². The molecule has 0 fully saturated rings. The highest BCUT2D eigenvalue weighted by Crippen LogP contribution is 2.35. The van der Waals surface area contributed by atoms with Crippen molar-refractivity contribution in [3.05, 3.63) is 47.4 Å². The fourth-order valence-electron chi connectivity index (χ4n) is 2.73. The lowest BCUT2D eigenvalue weighted by molar-refractivity contribution is -0.143. The number of carbonyl (C=O) groups excluding carboxylic acids is 1. The smallest absolute Gasteiger partial charge is 0.338 e. The van der Waals surface area contributed by atoms with Crippen LogP contribution in [0.3, 0.4) is 0 Å². The first-order valence-electron chi connectivity index (χ1n) is 7.73. The minimum absolute atomic E-state index is 0.202. The first-order valence-corrected chi connectivity index (χ1v) is 7.73. The number of nitrogens with zero attached hydrogens (tertiary/aromatic N) is 3. The third-order valence-electron chi connectivity index (χ3n) is 3.79. The van der Waals surface area contributed by atoms with Gasteiger partial charge in [-0.2, -0.15) is 10.1 Å². The lowest BCUT2D eigenvalue weighted by Crippen LogP contribution is -2.30. The van der Waals surface area contributed by atoms with E-state index in [2.05, 4.69) is 15.4 Å². The van der Waals surface area contributed by atoms with E-state index in [0.29, 0.717) is 17.2 Å². The molecule has 1 aliphatic rings. The van der Waals surface area contributed by atoms with E-state index in [4.69, 9.17) is 9.47 Å². The van der Waals surface area contributed by atoms with Gasteiger partial charge in [-0.3, -0.25) is 0 Å². The predicted molar refractivity (Wildman–Crippen MR) is 88.7 cm³/mol. The summed E-state index contributed by atoms with van der Waals surface area (Å²) < 4.78 is 12.3. The second kappa shape index (κ2) is 6.35. The van der Waals surface area contributed by atoms with Crippen molar-refractivity contribution in [2.24, 2.45) is 0 Å². The van der Waals surface area contributed by atoms with Crippen LogP contribution in [0.4, 0.5) is 5.95 Å². The number of carbonyl (C=O) groups is 1. The van der Waals surface area contributed by atoms with Gasteiger partial charge in [-0.15, -0.1) is 0 Å². The van der Waals surface area contributed by atoms with E-state index >= 15 is 0 Å². The van der Waals surface area contributed by atoms with Gasteiger partial charge in [0.25, 0.3) is 0 Å². The van der Waals surface area contributed by atoms with Gasteiger partial charge in [0, 0.05) is 5.70 Å². The molecule has 0 saturated carbocycles. The number of hydrogen-bond acceptors (Lipinski definition) is 6. The molecular formula is C17H20N4O3. The molecule has 1 aliphatic heterocycles. The summed E-state index contributed by atoms with van der Waals surface area (Å²) in [6.07, 6.45) is 1.26. The first-order chi connectivity index (χ1) is 11.5. The van der Waals surface area contributed by atoms with Gasteiger partial charge in [0.2, 0.25) is 5.95 Å². The summed E-state index contributed by atoms with van der Waals surface area (Å²) in [4.78, 5) is 16.9. The minimum Gasteiger partial charge on any atom is -0.497 e. The topological polar surface area (TPSA) is 78.3 Å². The zero-order valence-corrected chi connectivity index (χ0v) is 14.1. The van der Waals surface area contributed by atoms with Crippen LogP contribution in [0.15, 0.2) is 41.9 Å². The number of benzene rings is 1. The fraction of sp³-hybridized carbons (Fsp3) is 0.353. The largest absolute Gasteiger partial charge is 0.497 e. The van der Waals surface area contributed by atoms with Crippen molar-refractivity contribution in [2.75, 3.05) is 12.4 Å². The molecule has 1 N–H and O–H groups in total. The Kier molecular flexibility index (Phi) is 4.24. The van der Waals surface area contributed by atoms with Crippen molar-refractivity contribution in [3.63, 3.8) is 0 Å². The van der Waals surface area contributed by atoms with Crippen LogP contribution in [-0.4, -0.2) is 33.9 Å². The molecule has 2 heterocycles. The highest BCUT2D eigenvalue weighted by molar-refractivity contribution is 5.92. The number of methoxy groups -OCH3 is 1. The van der Waals surface area contributed by atoms with Gasteiger partial charge in [0.15, 0.2) is 0 Å². The number of allylic oxidation sites excluding steroid dienone is 1. The molecule has 0 saturated heterocycles. The number of ether oxygens (including phenoxy) is 2. The third kappa shape index (κ3) is 2.84. The Morgan fingerprint density at radius 3 is 2.62 bits per heavy atom. The van der Waals surface area contributed by atoms with Crippen molar-refractivity contribution in [1.29, 1.82) is 0 Å². The second-order valence-electron chi connectivity index (χ2n) is 5.82. The lowest BCUT2D eigenvalue weighted by Gasteiger charge is -2.28. The Hall–Kier alpha value is -2.83. The van der Waals surface area contributed by atoms with E-state index in [-0.39, 0.29) is 12.1 Å². The maximum absolute atomic E-state index is 12.7. The quantitative estimate of drug-likeness (QED) is 0.869. The molecule has 2 aromatic rings. The molecule has 7 nitrogen and oxygen atoms in total. The van der Waals surface area contributed by atoms with Crippen molar-refractivity contribution in [1.82, 2.24) is 14.8 Å². The third-order valence-corrected chi connectivity index (χ3v) is 3.79. The molecule has 0 radical (unpaired) electrons. The van der Waals surface area contributed by atoms with E-state index in [1.807, 2.05) is 45.0 Å². The van der Waals surface area contributed by atoms with Crippen LogP contribution in [0.25, 0.3) is 0 Å². The zero-order chi connectivity index (χ0) is 17.3. The minimum atomic E-state index is -0.402. The number of anilines is 1. The van der Waals surface area contributed by atoms with Crippen LogP contribution in [0.5, 0.6) is 5.75 Å². The molecule has 1 aromatic carbocycles. The lowest BCUT2D eigenvalue weighted by atomic mass is 9.95. The molecule has 126 valence electrons. The monoisotopic (exact) mass is 328 g/mol. The Labute approximate surface area is 140 Å². The van der Waals surface area contributed by atoms with Crippen molar-refractivity contribution in [3.8, 4) is 5.75 Å². The fourth-order valence-corrected chi connectivity index (χ4v) is 2.73. The maximum Gasteiger partial charge on any atom is 0.338 e. The van der Waals surface area contributed by atoms with Gasteiger partial charge in [-0.1, -0.05) is 12.1 Å². The van der Waals surface area contributed by atoms with Crippen LogP contribution >= 0.6 is 0 Å². The van der Waals surface area contributed by atoms with Crippen molar-refractivity contribution >= 4 is 11.9 Å². The molecule has 0 spiro atoms. The standard InChI is InChI=1S/C17H20N4O3/c1-10(2)24-16(22)14-11(3)20-17-18-9-19-21(17)15(14)12-5-7-13(23-4)8-6-12/h5-10,15H,1-4H3,(H,18,19,20)/t15-/m0/s1. The van der Waals surface area contributed by atoms with Gasteiger partial charge >= 0.3 is 5.97 Å². The van der Waals surface area contributed by atoms with E-state index in [9.17, 15) is 4.79 Å². The molecule has 0 aliphatic carbocycles. The molecule has 0 unspecified atom stereocenters. The summed E-state index contributed by atoms with van der Waals surface area (Å²) in [6, 6.07) is 7.14. The van der Waals surface area contributed by atoms with Gasteiger partial charge in [-0.25, -0.2) is 9.48 Å². The second-order valence-corrected chi connectivity index (χ2v) is 5.82. The number of rotatable bonds is 4. The zero-order valence-electron chi connectivity index (χ0n) is 14.1. The molecule has 7 heteroatoms. The molecule has 24 heavy (non-hydrogen) atoms. The van der Waals surface area contributed by atoms with E-state index in [1.54, 1.807) is 11.8 Å². The molecule has 0 amide bonds. The number of nitrogens with one attached hydrogen (secondary N) is 1. The number of aromatic nitrogens is 3. The van der Waals surface area contributed by atoms with Crippen molar-refractivity contribution in [2.45, 2.75) is 32.9 Å². The number of fused-ring (bicyclic) bond motifs is 1. The van der Waals surface area contributed by atoms with Crippen LogP contribution in [-0.2, 0) is 9.53 Å². The Morgan fingerprint density at radius 1 is 1.29 bits per heavy atom. The summed E-state index contributed by atoms with van der Waals surface area (Å²) in [6.45, 7) is 5.49. The molecule has 1 atom stereocenters. The molecule has 0 bridgehead atoms. The molecule has 3 rings (SSSR count). The van der Waals surface area contributed by atoms with Gasteiger partial charge < -0.3 is 14.8 Å². The molecule has 1 aromatic heterocycles.